The molecule has 6 rings (SSSR count). The summed E-state index contributed by atoms with van der Waals surface area (Å²) < 4.78 is 23.7. The molecule has 2 fully saturated rings. The fraction of sp³-hybridized carbons (Fsp3) is 0.455. The van der Waals surface area contributed by atoms with Gasteiger partial charge < -0.3 is 14.7 Å². The van der Waals surface area contributed by atoms with Gasteiger partial charge in [-0.2, -0.15) is 0 Å². The van der Waals surface area contributed by atoms with E-state index in [4.69, 9.17) is 27.9 Å². The Bertz CT molecular complexity index is 1570. The number of ether oxygens (including phenoxy) is 1. The lowest BCUT2D eigenvalue weighted by molar-refractivity contribution is -0.149. The summed E-state index contributed by atoms with van der Waals surface area (Å²) in [5.74, 6) is -0.958. The summed E-state index contributed by atoms with van der Waals surface area (Å²) in [5, 5.41) is 12.9. The van der Waals surface area contributed by atoms with Gasteiger partial charge in [0, 0.05) is 35.8 Å². The second-order valence-electron chi connectivity index (χ2n) is 12.1. The molecule has 11 heteroatoms. The standard InChI is InChI=1S/C33H35Cl2FN4O4/c1-3-32(43,20-10-12-39(2)13-11-20)22-14-27-30(28(36)15-22)33(21-4-6-23(34)7-5-21,44-26-9-8-25(41)16-26)40(31(27)42)19-29-37-17-24(35)18-38-29/h4-7,14-15,17-18,20,26,43H,3,8-13,16,19H2,1-2H3/t26-,32-,33+/m0/s1. The Morgan fingerprint density at radius 3 is 2.36 bits per heavy atom. The molecule has 0 bridgehead atoms. The van der Waals surface area contributed by atoms with E-state index >= 15 is 4.39 Å². The minimum Gasteiger partial charge on any atom is -0.385 e. The SMILES string of the molecule is CC[C@@](O)(c1cc(F)c2c(c1)C(=O)N(Cc1ncc(Cl)cn1)[C@@]2(O[C@H]1CCC(=O)C1)c1ccc(Cl)cc1)C1CCN(C)CC1. The Balaban J connectivity index is 1.54. The maximum Gasteiger partial charge on any atom is 0.257 e. The molecule has 3 aromatic rings. The molecule has 1 aromatic heterocycles. The van der Waals surface area contributed by atoms with Crippen molar-refractivity contribution in [3.8, 4) is 0 Å². The summed E-state index contributed by atoms with van der Waals surface area (Å²) in [6, 6.07) is 9.69. The number of ketones is 1. The second-order valence-corrected chi connectivity index (χ2v) is 13.0. The first-order chi connectivity index (χ1) is 21.0. The fourth-order valence-electron chi connectivity index (χ4n) is 7.04. The van der Waals surface area contributed by atoms with Gasteiger partial charge in [0.25, 0.3) is 5.91 Å². The van der Waals surface area contributed by atoms with Crippen molar-refractivity contribution in [3.05, 3.63) is 92.7 Å². The van der Waals surface area contributed by atoms with Crippen molar-refractivity contribution in [1.82, 2.24) is 19.8 Å². The molecule has 1 saturated carbocycles. The van der Waals surface area contributed by atoms with Gasteiger partial charge in [-0.1, -0.05) is 42.3 Å². The van der Waals surface area contributed by atoms with Gasteiger partial charge in [0.15, 0.2) is 0 Å². The Kier molecular flexibility index (Phi) is 8.54. The predicted octanol–water partition coefficient (Wildman–Crippen LogP) is 5.86. The normalized spacial score (nSPS) is 24.1. The van der Waals surface area contributed by atoms with Crippen LogP contribution in [0.15, 0.2) is 48.8 Å². The van der Waals surface area contributed by atoms with Gasteiger partial charge in [0.2, 0.25) is 5.72 Å². The average Bonchev–Trinajstić information content (AvgIpc) is 3.53. The maximum atomic E-state index is 16.9. The van der Waals surface area contributed by atoms with Gasteiger partial charge in [-0.05, 0) is 81.6 Å². The molecule has 2 aliphatic heterocycles. The van der Waals surface area contributed by atoms with Crippen LogP contribution in [0.4, 0.5) is 4.39 Å². The van der Waals surface area contributed by atoms with E-state index < -0.39 is 29.2 Å². The second kappa shape index (κ2) is 12.1. The lowest BCUT2D eigenvalue weighted by Gasteiger charge is -2.42. The Morgan fingerprint density at radius 2 is 1.75 bits per heavy atom. The number of carbonyl (C=O) groups excluding carboxylic acids is 2. The third-order valence-corrected chi connectivity index (χ3v) is 9.91. The molecule has 0 spiro atoms. The van der Waals surface area contributed by atoms with Gasteiger partial charge in [0.1, 0.15) is 17.4 Å². The summed E-state index contributed by atoms with van der Waals surface area (Å²) in [4.78, 5) is 39.1. The van der Waals surface area contributed by atoms with Crippen molar-refractivity contribution < 1.29 is 23.8 Å². The van der Waals surface area contributed by atoms with E-state index in [0.29, 0.717) is 40.4 Å². The molecule has 1 saturated heterocycles. The minimum absolute atomic E-state index is 0.0312. The molecule has 2 aromatic carbocycles. The lowest BCUT2D eigenvalue weighted by atomic mass is 9.73. The van der Waals surface area contributed by atoms with Crippen molar-refractivity contribution in [2.45, 2.75) is 69.4 Å². The Labute approximate surface area is 266 Å². The molecule has 1 amide bonds. The number of benzene rings is 2. The van der Waals surface area contributed by atoms with Crippen LogP contribution in [0.2, 0.25) is 10.0 Å². The molecule has 3 heterocycles. The number of piperidine rings is 1. The van der Waals surface area contributed by atoms with E-state index in [2.05, 4.69) is 14.9 Å². The molecule has 3 atom stereocenters. The van der Waals surface area contributed by atoms with Crippen LogP contribution in [0, 0.1) is 11.7 Å². The number of rotatable bonds is 8. The minimum atomic E-state index is -1.75. The Morgan fingerprint density at radius 1 is 1.07 bits per heavy atom. The van der Waals surface area contributed by atoms with E-state index in [1.165, 1.54) is 23.4 Å². The number of aromatic nitrogens is 2. The number of hydrogen-bond donors (Lipinski definition) is 1. The number of aliphatic hydroxyl groups is 1. The molecule has 44 heavy (non-hydrogen) atoms. The largest absolute Gasteiger partial charge is 0.385 e. The number of hydrogen-bond acceptors (Lipinski definition) is 7. The molecule has 1 N–H and O–H groups in total. The molecule has 8 nitrogen and oxygen atoms in total. The number of nitrogens with zero attached hydrogens (tertiary/aromatic N) is 4. The highest BCUT2D eigenvalue weighted by Crippen LogP contribution is 2.51. The molecule has 0 unspecified atom stereocenters. The van der Waals surface area contributed by atoms with Crippen molar-refractivity contribution in [1.29, 1.82) is 0 Å². The molecular weight excluding hydrogens is 606 g/mol. The van der Waals surface area contributed by atoms with Crippen LogP contribution in [-0.4, -0.2) is 62.8 Å². The van der Waals surface area contributed by atoms with Crippen LogP contribution >= 0.6 is 23.2 Å². The highest BCUT2D eigenvalue weighted by atomic mass is 35.5. The average molecular weight is 642 g/mol. The number of carbonyl (C=O) groups is 2. The monoisotopic (exact) mass is 640 g/mol. The third-order valence-electron chi connectivity index (χ3n) is 9.46. The quantitative estimate of drug-likeness (QED) is 0.330. The summed E-state index contributed by atoms with van der Waals surface area (Å²) in [6.07, 6.45) is 5.09. The number of Topliss-reactive ketones (excluding diaryl/α,β-unsaturated/α-hetero) is 1. The Hall–Kier alpha value is -2.95. The number of amides is 1. The molecule has 232 valence electrons. The maximum absolute atomic E-state index is 16.9. The first kappa shape index (κ1) is 31.0. The van der Waals surface area contributed by atoms with Gasteiger partial charge in [-0.25, -0.2) is 14.4 Å². The third kappa shape index (κ3) is 5.43. The van der Waals surface area contributed by atoms with Crippen LogP contribution in [0.5, 0.6) is 0 Å². The van der Waals surface area contributed by atoms with Crippen LogP contribution < -0.4 is 0 Å². The summed E-state index contributed by atoms with van der Waals surface area (Å²) >= 11 is 12.3. The van der Waals surface area contributed by atoms with Crippen molar-refractivity contribution in [3.63, 3.8) is 0 Å². The highest BCUT2D eigenvalue weighted by molar-refractivity contribution is 6.30. The summed E-state index contributed by atoms with van der Waals surface area (Å²) in [6.45, 7) is 3.40. The first-order valence-corrected chi connectivity index (χ1v) is 15.8. The van der Waals surface area contributed by atoms with E-state index in [1.807, 2.05) is 14.0 Å². The van der Waals surface area contributed by atoms with E-state index in [-0.39, 0.29) is 41.6 Å². The van der Waals surface area contributed by atoms with Crippen LogP contribution in [-0.2, 0) is 27.4 Å². The van der Waals surface area contributed by atoms with Crippen molar-refractivity contribution in [2.24, 2.45) is 5.92 Å². The van der Waals surface area contributed by atoms with E-state index in [0.717, 1.165) is 25.9 Å². The lowest BCUT2D eigenvalue weighted by Crippen LogP contribution is -2.48. The predicted molar refractivity (Wildman–Crippen MR) is 164 cm³/mol. The highest BCUT2D eigenvalue weighted by Gasteiger charge is 2.56. The fourth-order valence-corrected chi connectivity index (χ4v) is 7.26. The van der Waals surface area contributed by atoms with Gasteiger partial charge in [-0.15, -0.1) is 0 Å². The van der Waals surface area contributed by atoms with E-state index in [1.54, 1.807) is 30.3 Å². The zero-order chi connectivity index (χ0) is 31.2. The zero-order valence-corrected chi connectivity index (χ0v) is 26.2. The smallest absolute Gasteiger partial charge is 0.257 e. The molecule has 1 aliphatic carbocycles. The van der Waals surface area contributed by atoms with Gasteiger partial charge >= 0.3 is 0 Å². The van der Waals surface area contributed by atoms with E-state index in [9.17, 15) is 14.7 Å². The molecular formula is C33H35Cl2FN4O4. The summed E-state index contributed by atoms with van der Waals surface area (Å²) in [5.41, 5.74) is -2.13. The van der Waals surface area contributed by atoms with Crippen molar-refractivity contribution in [2.75, 3.05) is 20.1 Å². The first-order valence-electron chi connectivity index (χ1n) is 15.0. The number of likely N-dealkylation sites (tertiary alicyclic amines) is 1. The van der Waals surface area contributed by atoms with Crippen LogP contribution in [0.25, 0.3) is 0 Å². The van der Waals surface area contributed by atoms with Crippen LogP contribution in [0.1, 0.15) is 78.3 Å². The zero-order valence-electron chi connectivity index (χ0n) is 24.7. The topological polar surface area (TPSA) is 95.9 Å². The van der Waals surface area contributed by atoms with Crippen molar-refractivity contribution >= 4 is 34.9 Å². The number of fused-ring (bicyclic) bond motifs is 1. The summed E-state index contributed by atoms with van der Waals surface area (Å²) in [7, 11) is 2.04. The van der Waals surface area contributed by atoms with Crippen LogP contribution in [0.3, 0.4) is 0 Å². The molecule has 3 aliphatic rings. The van der Waals surface area contributed by atoms with Gasteiger partial charge in [0.05, 0.1) is 34.4 Å². The van der Waals surface area contributed by atoms with Gasteiger partial charge in [-0.3, -0.25) is 14.5 Å². The number of halogens is 3. The molecule has 0 radical (unpaired) electrons.